The first-order chi connectivity index (χ1) is 10.5. The second-order valence-electron chi connectivity index (χ2n) is 7.06. The van der Waals surface area contributed by atoms with Gasteiger partial charge in [0.05, 0.1) is 0 Å². The summed E-state index contributed by atoms with van der Waals surface area (Å²) >= 11 is 1.77. The average Bonchev–Trinajstić information content (AvgIpc) is 3.04. The minimum absolute atomic E-state index is 0.255. The van der Waals surface area contributed by atoms with Crippen molar-refractivity contribution in [2.24, 2.45) is 5.92 Å². The summed E-state index contributed by atoms with van der Waals surface area (Å²) in [4.78, 5) is 19.1. The molecule has 0 spiro atoms. The number of likely N-dealkylation sites (N-methyl/N-ethyl adjacent to an activating group) is 1. The van der Waals surface area contributed by atoms with Crippen LogP contribution in [0.2, 0.25) is 0 Å². The molecule has 2 saturated heterocycles. The summed E-state index contributed by atoms with van der Waals surface area (Å²) in [6.07, 6.45) is 2.28. The molecule has 1 aromatic heterocycles. The first-order valence-corrected chi connectivity index (χ1v) is 9.16. The van der Waals surface area contributed by atoms with Crippen LogP contribution in [0.5, 0.6) is 0 Å². The number of fused-ring (bicyclic) bond motifs is 1. The summed E-state index contributed by atoms with van der Waals surface area (Å²) in [5.41, 5.74) is 1.43. The summed E-state index contributed by atoms with van der Waals surface area (Å²) in [6.45, 7) is 6.02. The highest BCUT2D eigenvalue weighted by molar-refractivity contribution is 7.07. The van der Waals surface area contributed by atoms with E-state index in [1.165, 1.54) is 5.56 Å². The van der Waals surface area contributed by atoms with Gasteiger partial charge in [-0.3, -0.25) is 9.69 Å². The second-order valence-corrected chi connectivity index (χ2v) is 7.84. The maximum atomic E-state index is 12.1. The number of hydrogen-bond donors (Lipinski definition) is 0. The van der Waals surface area contributed by atoms with Gasteiger partial charge in [0.1, 0.15) is 0 Å². The molecule has 2 fully saturated rings. The van der Waals surface area contributed by atoms with E-state index in [2.05, 4.69) is 45.6 Å². The van der Waals surface area contributed by atoms with Gasteiger partial charge >= 0.3 is 0 Å². The van der Waals surface area contributed by atoms with Gasteiger partial charge in [0, 0.05) is 45.2 Å². The highest BCUT2D eigenvalue weighted by Crippen LogP contribution is 2.36. The molecule has 1 aromatic rings. The molecule has 5 heteroatoms. The molecular formula is C17H27N3OS. The quantitative estimate of drug-likeness (QED) is 0.850. The fourth-order valence-corrected chi connectivity index (χ4v) is 4.95. The van der Waals surface area contributed by atoms with E-state index < -0.39 is 0 Å². The van der Waals surface area contributed by atoms with E-state index in [-0.39, 0.29) is 5.91 Å². The first kappa shape index (κ1) is 16.0. The Labute approximate surface area is 137 Å². The van der Waals surface area contributed by atoms with E-state index in [0.29, 0.717) is 18.0 Å². The van der Waals surface area contributed by atoms with Crippen LogP contribution in [0.25, 0.3) is 0 Å². The van der Waals surface area contributed by atoms with Crippen LogP contribution >= 0.6 is 11.3 Å². The third-order valence-corrected chi connectivity index (χ3v) is 5.76. The van der Waals surface area contributed by atoms with Crippen molar-refractivity contribution < 1.29 is 4.79 Å². The van der Waals surface area contributed by atoms with Gasteiger partial charge in [-0.25, -0.2) is 0 Å². The fourth-order valence-electron chi connectivity index (χ4n) is 4.29. The van der Waals surface area contributed by atoms with Crippen LogP contribution in [0.1, 0.15) is 25.3 Å². The lowest BCUT2D eigenvalue weighted by Crippen LogP contribution is -2.49. The number of likely N-dealkylation sites (tertiary alicyclic amines) is 2. The lowest BCUT2D eigenvalue weighted by Gasteiger charge is -2.38. The molecule has 4 nitrogen and oxygen atoms in total. The van der Waals surface area contributed by atoms with Gasteiger partial charge in [-0.2, -0.15) is 11.3 Å². The zero-order valence-electron chi connectivity index (χ0n) is 13.9. The van der Waals surface area contributed by atoms with Gasteiger partial charge in [0.25, 0.3) is 0 Å². The second kappa shape index (κ2) is 6.69. The third kappa shape index (κ3) is 3.36. The van der Waals surface area contributed by atoms with Crippen LogP contribution < -0.4 is 0 Å². The van der Waals surface area contributed by atoms with Crippen molar-refractivity contribution >= 4 is 17.2 Å². The summed E-state index contributed by atoms with van der Waals surface area (Å²) < 4.78 is 0. The Morgan fingerprint density at radius 2 is 2.27 bits per heavy atom. The fraction of sp³-hybridized carbons (Fsp3) is 0.706. The monoisotopic (exact) mass is 321 g/mol. The maximum absolute atomic E-state index is 12.1. The lowest BCUT2D eigenvalue weighted by atomic mass is 9.92. The molecule has 122 valence electrons. The summed E-state index contributed by atoms with van der Waals surface area (Å²) in [6, 6.07) is 3.08. The van der Waals surface area contributed by atoms with Gasteiger partial charge in [0.2, 0.25) is 5.91 Å². The highest BCUT2D eigenvalue weighted by Gasteiger charge is 2.44. The lowest BCUT2D eigenvalue weighted by molar-refractivity contribution is -0.133. The van der Waals surface area contributed by atoms with E-state index in [1.807, 2.05) is 0 Å². The van der Waals surface area contributed by atoms with Crippen molar-refractivity contribution in [3.05, 3.63) is 22.4 Å². The van der Waals surface area contributed by atoms with E-state index in [1.54, 1.807) is 18.3 Å². The van der Waals surface area contributed by atoms with E-state index in [0.717, 1.165) is 39.0 Å². The van der Waals surface area contributed by atoms with Crippen molar-refractivity contribution in [2.45, 2.75) is 38.4 Å². The van der Waals surface area contributed by atoms with Gasteiger partial charge in [-0.1, -0.05) is 0 Å². The SMILES string of the molecule is CC(=O)N1[C@H](CN(C)C)C[C@@H]2CN(Cc3ccsc3)CC[C@@H]21. The van der Waals surface area contributed by atoms with Crippen molar-refractivity contribution in [3.8, 4) is 0 Å². The maximum Gasteiger partial charge on any atom is 0.219 e. The molecule has 22 heavy (non-hydrogen) atoms. The summed E-state index contributed by atoms with van der Waals surface area (Å²) in [5.74, 6) is 0.895. The molecule has 3 atom stereocenters. The van der Waals surface area contributed by atoms with Crippen molar-refractivity contribution in [1.82, 2.24) is 14.7 Å². The molecule has 0 N–H and O–H groups in total. The largest absolute Gasteiger partial charge is 0.335 e. The van der Waals surface area contributed by atoms with Crippen LogP contribution in [0.4, 0.5) is 0 Å². The Morgan fingerprint density at radius 1 is 1.45 bits per heavy atom. The zero-order chi connectivity index (χ0) is 15.7. The Hall–Kier alpha value is -0.910. The molecule has 0 aromatic carbocycles. The first-order valence-electron chi connectivity index (χ1n) is 8.21. The molecule has 0 aliphatic carbocycles. The predicted molar refractivity (Wildman–Crippen MR) is 91.0 cm³/mol. The van der Waals surface area contributed by atoms with Gasteiger partial charge in [-0.05, 0) is 55.2 Å². The number of rotatable bonds is 4. The predicted octanol–water partition coefficient (Wildman–Crippen LogP) is 2.12. The average molecular weight is 321 g/mol. The highest BCUT2D eigenvalue weighted by atomic mass is 32.1. The minimum atomic E-state index is 0.255. The van der Waals surface area contributed by atoms with Crippen LogP contribution in [0.15, 0.2) is 16.8 Å². The van der Waals surface area contributed by atoms with Gasteiger partial charge in [0.15, 0.2) is 0 Å². The van der Waals surface area contributed by atoms with Crippen LogP contribution in [0, 0.1) is 5.92 Å². The molecule has 2 aliphatic rings. The molecule has 0 bridgehead atoms. The number of thiophene rings is 1. The normalized spacial score (nSPS) is 29.1. The Balaban J connectivity index is 1.66. The molecule has 2 aliphatic heterocycles. The number of piperidine rings is 1. The molecule has 0 unspecified atom stereocenters. The number of carbonyl (C=O) groups excluding carboxylic acids is 1. The molecule has 0 radical (unpaired) electrons. The smallest absolute Gasteiger partial charge is 0.219 e. The van der Waals surface area contributed by atoms with Crippen LogP contribution in [-0.4, -0.2) is 66.4 Å². The molecule has 3 heterocycles. The van der Waals surface area contributed by atoms with E-state index in [9.17, 15) is 4.79 Å². The zero-order valence-corrected chi connectivity index (χ0v) is 14.7. The summed E-state index contributed by atoms with van der Waals surface area (Å²) in [7, 11) is 4.20. The van der Waals surface area contributed by atoms with E-state index >= 15 is 0 Å². The van der Waals surface area contributed by atoms with Crippen LogP contribution in [-0.2, 0) is 11.3 Å². The topological polar surface area (TPSA) is 26.8 Å². The van der Waals surface area contributed by atoms with Gasteiger partial charge in [-0.15, -0.1) is 0 Å². The molecule has 3 rings (SSSR count). The number of carbonyl (C=O) groups is 1. The summed E-state index contributed by atoms with van der Waals surface area (Å²) in [5, 5.41) is 4.40. The Morgan fingerprint density at radius 3 is 2.91 bits per heavy atom. The number of amides is 1. The van der Waals surface area contributed by atoms with Crippen molar-refractivity contribution in [1.29, 1.82) is 0 Å². The standard InChI is InChI=1S/C17H27N3OS/c1-13(21)20-16(11-18(2)3)8-15-10-19(6-4-17(15)20)9-14-5-7-22-12-14/h5,7,12,15-17H,4,6,8-11H2,1-3H3/t15-,16+,17+/m1/s1. The Kier molecular flexibility index (Phi) is 4.85. The minimum Gasteiger partial charge on any atom is -0.335 e. The van der Waals surface area contributed by atoms with E-state index in [4.69, 9.17) is 0 Å². The third-order valence-electron chi connectivity index (χ3n) is 5.03. The van der Waals surface area contributed by atoms with Crippen molar-refractivity contribution in [3.63, 3.8) is 0 Å². The van der Waals surface area contributed by atoms with Crippen molar-refractivity contribution in [2.75, 3.05) is 33.7 Å². The number of hydrogen-bond acceptors (Lipinski definition) is 4. The van der Waals surface area contributed by atoms with Crippen LogP contribution in [0.3, 0.4) is 0 Å². The Bertz CT molecular complexity index is 502. The number of nitrogens with zero attached hydrogens (tertiary/aromatic N) is 3. The van der Waals surface area contributed by atoms with Gasteiger partial charge < -0.3 is 9.80 Å². The molecule has 0 saturated carbocycles. The molecule has 1 amide bonds. The molecular weight excluding hydrogens is 294 g/mol.